The van der Waals surface area contributed by atoms with Crippen LogP contribution >= 0.6 is 0 Å². The Morgan fingerprint density at radius 1 is 1.00 bits per heavy atom. The van der Waals surface area contributed by atoms with Gasteiger partial charge in [0.1, 0.15) is 11.8 Å². The third-order valence-electron chi connectivity index (χ3n) is 5.07. The number of carbonyl (C=O) groups excluding carboxylic acids is 2. The minimum atomic E-state index is -0.592. The number of nitrogens with zero attached hydrogens (tertiary/aromatic N) is 1. The second-order valence-corrected chi connectivity index (χ2v) is 7.46. The van der Waals surface area contributed by atoms with E-state index in [1.807, 2.05) is 61.5 Å². The monoisotopic (exact) mass is 426 g/mol. The van der Waals surface area contributed by atoms with Gasteiger partial charge in [-0.15, -0.1) is 0 Å². The van der Waals surface area contributed by atoms with Gasteiger partial charge in [0.2, 0.25) is 11.8 Å². The summed E-state index contributed by atoms with van der Waals surface area (Å²) in [4.78, 5) is 28.0. The molecular weight excluding hydrogens is 392 g/mol. The average Bonchev–Trinajstić information content (AvgIpc) is 2.80. The summed E-state index contributed by atoms with van der Waals surface area (Å²) < 4.78 is 10.3. The van der Waals surface area contributed by atoms with Crippen molar-refractivity contribution < 1.29 is 19.1 Å². The van der Waals surface area contributed by atoms with Gasteiger partial charge < -0.3 is 19.7 Å². The minimum absolute atomic E-state index is 0.0220. The third-order valence-corrected chi connectivity index (χ3v) is 5.07. The molecule has 168 valence electrons. The Kier molecular flexibility index (Phi) is 10.6. The fraction of sp³-hybridized carbons (Fsp3) is 0.440. The summed E-state index contributed by atoms with van der Waals surface area (Å²) in [5.74, 6) is 0.594. The zero-order chi connectivity index (χ0) is 22.5. The number of amides is 2. The topological polar surface area (TPSA) is 67.9 Å². The number of methoxy groups -OCH3 is 2. The fourth-order valence-electron chi connectivity index (χ4n) is 3.38. The van der Waals surface area contributed by atoms with Crippen molar-refractivity contribution >= 4 is 11.8 Å². The van der Waals surface area contributed by atoms with Crippen LogP contribution in [0.15, 0.2) is 54.6 Å². The van der Waals surface area contributed by atoms with Crippen LogP contribution in [0.3, 0.4) is 0 Å². The molecular formula is C25H34N2O4. The average molecular weight is 427 g/mol. The maximum Gasteiger partial charge on any atom is 0.243 e. The molecule has 0 aromatic heterocycles. The highest BCUT2D eigenvalue weighted by molar-refractivity contribution is 5.88. The molecule has 0 saturated heterocycles. The predicted octanol–water partition coefficient (Wildman–Crippen LogP) is 3.59. The summed E-state index contributed by atoms with van der Waals surface area (Å²) in [6.45, 7) is 3.43. The Morgan fingerprint density at radius 3 is 2.32 bits per heavy atom. The van der Waals surface area contributed by atoms with E-state index in [-0.39, 0.29) is 11.8 Å². The molecule has 6 nitrogen and oxygen atoms in total. The van der Waals surface area contributed by atoms with Crippen molar-refractivity contribution in [1.82, 2.24) is 10.2 Å². The fourth-order valence-corrected chi connectivity index (χ4v) is 3.38. The summed E-state index contributed by atoms with van der Waals surface area (Å²) in [6, 6.07) is 16.8. The number of carbonyl (C=O) groups is 2. The van der Waals surface area contributed by atoms with Gasteiger partial charge in [0.15, 0.2) is 0 Å². The normalized spacial score (nSPS) is 11.6. The molecule has 0 saturated carbocycles. The van der Waals surface area contributed by atoms with Gasteiger partial charge in [-0.3, -0.25) is 9.59 Å². The van der Waals surface area contributed by atoms with E-state index in [0.717, 1.165) is 29.7 Å². The van der Waals surface area contributed by atoms with Gasteiger partial charge in [-0.1, -0.05) is 49.4 Å². The van der Waals surface area contributed by atoms with Crippen molar-refractivity contribution in [3.63, 3.8) is 0 Å². The first-order chi connectivity index (χ1) is 15.1. The van der Waals surface area contributed by atoms with Crippen LogP contribution in [0, 0.1) is 0 Å². The highest BCUT2D eigenvalue weighted by atomic mass is 16.5. The molecule has 0 unspecified atom stereocenters. The number of hydrogen-bond donors (Lipinski definition) is 1. The Balaban J connectivity index is 2.28. The van der Waals surface area contributed by atoms with E-state index in [1.165, 1.54) is 0 Å². The van der Waals surface area contributed by atoms with E-state index in [1.54, 1.807) is 19.1 Å². The molecule has 0 aliphatic rings. The Morgan fingerprint density at radius 2 is 1.71 bits per heavy atom. The Hall–Kier alpha value is -2.86. The molecule has 2 rings (SSSR count). The summed E-state index contributed by atoms with van der Waals surface area (Å²) in [6.07, 6.45) is 2.31. The molecule has 1 atom stereocenters. The summed E-state index contributed by atoms with van der Waals surface area (Å²) in [5.41, 5.74) is 1.97. The zero-order valence-corrected chi connectivity index (χ0v) is 18.8. The second-order valence-electron chi connectivity index (χ2n) is 7.46. The van der Waals surface area contributed by atoms with E-state index in [4.69, 9.17) is 9.47 Å². The largest absolute Gasteiger partial charge is 0.497 e. The third kappa shape index (κ3) is 8.06. The molecule has 0 aliphatic heterocycles. The van der Waals surface area contributed by atoms with Gasteiger partial charge in [-0.05, 0) is 36.1 Å². The molecule has 2 aromatic carbocycles. The molecule has 2 amide bonds. The molecule has 0 bridgehead atoms. The number of benzene rings is 2. The predicted molar refractivity (Wildman–Crippen MR) is 122 cm³/mol. The molecule has 31 heavy (non-hydrogen) atoms. The smallest absolute Gasteiger partial charge is 0.243 e. The van der Waals surface area contributed by atoms with Crippen molar-refractivity contribution in [3.05, 3.63) is 65.7 Å². The molecule has 0 radical (unpaired) electrons. The van der Waals surface area contributed by atoms with Crippen molar-refractivity contribution in [2.75, 3.05) is 27.4 Å². The Bertz CT molecular complexity index is 793. The molecule has 6 heteroatoms. The van der Waals surface area contributed by atoms with Crippen LogP contribution in [0.4, 0.5) is 0 Å². The maximum atomic E-state index is 13.2. The summed E-state index contributed by atoms with van der Waals surface area (Å²) >= 11 is 0. The van der Waals surface area contributed by atoms with Crippen LogP contribution in [-0.4, -0.2) is 50.1 Å². The highest BCUT2D eigenvalue weighted by Crippen LogP contribution is 2.18. The SMILES string of the molecule is CCCC(=O)N(Cc1ccc(OC)cc1)[C@@H](Cc1ccccc1)C(=O)NCCCOC. The molecule has 2 aromatic rings. The lowest BCUT2D eigenvalue weighted by molar-refractivity contribution is -0.141. The van der Waals surface area contributed by atoms with Gasteiger partial charge in [0.05, 0.1) is 7.11 Å². The van der Waals surface area contributed by atoms with Crippen molar-refractivity contribution in [3.8, 4) is 5.75 Å². The number of nitrogens with one attached hydrogen (secondary N) is 1. The van der Waals surface area contributed by atoms with Gasteiger partial charge in [-0.2, -0.15) is 0 Å². The van der Waals surface area contributed by atoms with Gasteiger partial charge in [0, 0.05) is 39.6 Å². The summed E-state index contributed by atoms with van der Waals surface area (Å²) in [5, 5.41) is 2.99. The van der Waals surface area contributed by atoms with Crippen molar-refractivity contribution in [2.45, 2.75) is 45.2 Å². The maximum absolute atomic E-state index is 13.2. The van der Waals surface area contributed by atoms with Crippen molar-refractivity contribution in [1.29, 1.82) is 0 Å². The van der Waals surface area contributed by atoms with E-state index in [2.05, 4.69) is 5.32 Å². The number of hydrogen-bond acceptors (Lipinski definition) is 4. The zero-order valence-electron chi connectivity index (χ0n) is 18.8. The first-order valence-electron chi connectivity index (χ1n) is 10.8. The lowest BCUT2D eigenvalue weighted by Gasteiger charge is -2.31. The standard InChI is InChI=1S/C25H34N2O4/c1-4-9-24(28)27(19-21-12-14-22(31-3)15-13-21)23(18-20-10-6-5-7-11-20)25(29)26-16-8-17-30-2/h5-7,10-15,23H,4,8-9,16-19H2,1-3H3,(H,26,29)/t23-/m0/s1. The molecule has 0 fully saturated rings. The van der Waals surface area contributed by atoms with E-state index < -0.39 is 6.04 Å². The Labute approximate surface area is 185 Å². The molecule has 0 spiro atoms. The molecule has 0 heterocycles. The van der Waals surface area contributed by atoms with Crippen LogP contribution in [-0.2, 0) is 27.3 Å². The first kappa shape index (κ1) is 24.4. The molecule has 1 N–H and O–H groups in total. The van der Waals surface area contributed by atoms with Crippen LogP contribution in [0.2, 0.25) is 0 Å². The van der Waals surface area contributed by atoms with Gasteiger partial charge >= 0.3 is 0 Å². The van der Waals surface area contributed by atoms with Gasteiger partial charge in [-0.25, -0.2) is 0 Å². The first-order valence-corrected chi connectivity index (χ1v) is 10.8. The van der Waals surface area contributed by atoms with Gasteiger partial charge in [0.25, 0.3) is 0 Å². The quantitative estimate of drug-likeness (QED) is 0.497. The van der Waals surface area contributed by atoms with E-state index >= 15 is 0 Å². The molecule has 0 aliphatic carbocycles. The van der Waals surface area contributed by atoms with Crippen molar-refractivity contribution in [2.24, 2.45) is 0 Å². The number of ether oxygens (including phenoxy) is 2. The van der Waals surface area contributed by atoms with Crippen LogP contribution in [0.5, 0.6) is 5.75 Å². The highest BCUT2D eigenvalue weighted by Gasteiger charge is 2.29. The summed E-state index contributed by atoms with van der Waals surface area (Å²) in [7, 11) is 3.26. The lowest BCUT2D eigenvalue weighted by atomic mass is 10.0. The lowest BCUT2D eigenvalue weighted by Crippen LogP contribution is -2.50. The van der Waals surface area contributed by atoms with E-state index in [9.17, 15) is 9.59 Å². The van der Waals surface area contributed by atoms with Crippen LogP contribution in [0.25, 0.3) is 0 Å². The second kappa shape index (κ2) is 13.4. The van der Waals surface area contributed by atoms with E-state index in [0.29, 0.717) is 32.5 Å². The minimum Gasteiger partial charge on any atom is -0.497 e. The van der Waals surface area contributed by atoms with Crippen LogP contribution < -0.4 is 10.1 Å². The number of rotatable bonds is 13. The van der Waals surface area contributed by atoms with Crippen LogP contribution in [0.1, 0.15) is 37.3 Å².